The average Bonchev–Trinajstić information content (AvgIpc) is 3.10. The molecule has 122 valence electrons. The second-order valence-electron chi connectivity index (χ2n) is 6.40. The number of allylic oxidation sites excluding steroid dienone is 2. The first-order chi connectivity index (χ1) is 10.4. The van der Waals surface area contributed by atoms with Crippen molar-refractivity contribution in [3.05, 3.63) is 12.2 Å². The maximum atomic E-state index is 12.7. The van der Waals surface area contributed by atoms with E-state index >= 15 is 0 Å². The summed E-state index contributed by atoms with van der Waals surface area (Å²) >= 11 is 0. The second-order valence-corrected chi connectivity index (χ2v) is 8.42. The van der Waals surface area contributed by atoms with Crippen molar-refractivity contribution in [3.63, 3.8) is 0 Å². The van der Waals surface area contributed by atoms with Crippen molar-refractivity contribution in [2.75, 3.05) is 13.2 Å². The first-order valence-corrected chi connectivity index (χ1v) is 9.26. The maximum Gasteiger partial charge on any atom is 0.306 e. The quantitative estimate of drug-likeness (QED) is 0.567. The fourth-order valence-electron chi connectivity index (χ4n) is 4.02. The third-order valence-electron chi connectivity index (χ3n) is 5.02. The summed E-state index contributed by atoms with van der Waals surface area (Å²) in [6.45, 7) is 3.78. The van der Waals surface area contributed by atoms with Gasteiger partial charge in [-0.05, 0) is 25.2 Å². The third kappa shape index (κ3) is 2.26. The number of esters is 1. The van der Waals surface area contributed by atoms with Crippen LogP contribution in [0.3, 0.4) is 0 Å². The Morgan fingerprint density at radius 1 is 1.32 bits per heavy atom. The van der Waals surface area contributed by atoms with Gasteiger partial charge in [-0.15, -0.1) is 0 Å². The Labute approximate surface area is 130 Å². The molecule has 2 aliphatic carbocycles. The van der Waals surface area contributed by atoms with Crippen LogP contribution in [0.15, 0.2) is 12.2 Å². The van der Waals surface area contributed by atoms with Gasteiger partial charge in [0, 0.05) is 18.4 Å². The van der Waals surface area contributed by atoms with Gasteiger partial charge in [0.15, 0.2) is 0 Å². The molecule has 1 aliphatic heterocycles. The maximum absolute atomic E-state index is 12.7. The molecule has 1 saturated carbocycles. The van der Waals surface area contributed by atoms with Gasteiger partial charge < -0.3 is 4.74 Å². The van der Waals surface area contributed by atoms with E-state index in [0.29, 0.717) is 0 Å². The van der Waals surface area contributed by atoms with Crippen LogP contribution in [0.1, 0.15) is 26.7 Å². The summed E-state index contributed by atoms with van der Waals surface area (Å²) < 4.78 is 31.2. The molecular weight excluding hydrogens is 306 g/mol. The van der Waals surface area contributed by atoms with Crippen LogP contribution in [0.5, 0.6) is 0 Å². The van der Waals surface area contributed by atoms with E-state index in [1.165, 1.54) is 0 Å². The van der Waals surface area contributed by atoms with Gasteiger partial charge in [-0.1, -0.05) is 19.1 Å². The summed E-state index contributed by atoms with van der Waals surface area (Å²) in [7, 11) is -3.61. The van der Waals surface area contributed by atoms with Gasteiger partial charge in [0.2, 0.25) is 15.9 Å². The normalized spacial score (nSPS) is 35.5. The third-order valence-corrected chi connectivity index (χ3v) is 7.35. The predicted octanol–water partition coefficient (Wildman–Crippen LogP) is 0.938. The van der Waals surface area contributed by atoms with E-state index in [1.807, 2.05) is 6.08 Å². The van der Waals surface area contributed by atoms with Gasteiger partial charge in [0.05, 0.1) is 18.3 Å². The van der Waals surface area contributed by atoms with Crippen molar-refractivity contribution >= 4 is 21.9 Å². The fraction of sp³-hybridized carbons (Fsp3) is 0.733. The Morgan fingerprint density at radius 2 is 2.00 bits per heavy atom. The Balaban J connectivity index is 1.73. The zero-order valence-corrected chi connectivity index (χ0v) is 13.6. The number of carbonyl (C=O) groups excluding carboxylic acids is 2. The summed E-state index contributed by atoms with van der Waals surface area (Å²) in [6, 6.07) is 0. The molecule has 1 heterocycles. The number of carbonyl (C=O) groups is 2. The van der Waals surface area contributed by atoms with E-state index in [0.717, 1.165) is 10.7 Å². The molecule has 2 bridgehead atoms. The Morgan fingerprint density at radius 3 is 2.64 bits per heavy atom. The molecule has 6 nitrogen and oxygen atoms in total. The minimum Gasteiger partial charge on any atom is -0.466 e. The molecular formula is C15H21NO5S. The van der Waals surface area contributed by atoms with Gasteiger partial charge in [-0.3, -0.25) is 9.59 Å². The van der Waals surface area contributed by atoms with Crippen LogP contribution in [0.4, 0.5) is 0 Å². The Hall–Kier alpha value is -1.37. The van der Waals surface area contributed by atoms with Gasteiger partial charge in [-0.2, -0.15) is 0 Å². The molecule has 0 aromatic carbocycles. The lowest BCUT2D eigenvalue weighted by atomic mass is 9.93. The average molecular weight is 327 g/mol. The van der Waals surface area contributed by atoms with Crippen LogP contribution in [0, 0.1) is 23.7 Å². The first kappa shape index (κ1) is 15.5. The Kier molecular flexibility index (Phi) is 3.79. The molecule has 0 spiro atoms. The van der Waals surface area contributed by atoms with Crippen LogP contribution in [0.25, 0.3) is 0 Å². The van der Waals surface area contributed by atoms with Crippen molar-refractivity contribution in [2.45, 2.75) is 31.9 Å². The molecule has 3 aliphatic rings. The molecule has 0 unspecified atom stereocenters. The van der Waals surface area contributed by atoms with E-state index in [4.69, 9.17) is 4.74 Å². The van der Waals surface area contributed by atoms with Gasteiger partial charge in [0.1, 0.15) is 0 Å². The molecule has 3 rings (SSSR count). The van der Waals surface area contributed by atoms with Crippen molar-refractivity contribution in [1.29, 1.82) is 0 Å². The van der Waals surface area contributed by atoms with E-state index in [1.54, 1.807) is 13.8 Å². The summed E-state index contributed by atoms with van der Waals surface area (Å²) in [5.74, 6) is -1.32. The minimum atomic E-state index is -3.61. The zero-order valence-electron chi connectivity index (χ0n) is 12.8. The van der Waals surface area contributed by atoms with Crippen molar-refractivity contribution in [2.24, 2.45) is 23.7 Å². The van der Waals surface area contributed by atoms with Gasteiger partial charge >= 0.3 is 5.97 Å². The van der Waals surface area contributed by atoms with Gasteiger partial charge in [0.25, 0.3) is 0 Å². The zero-order chi connectivity index (χ0) is 16.1. The van der Waals surface area contributed by atoms with Crippen LogP contribution in [0.2, 0.25) is 0 Å². The largest absolute Gasteiger partial charge is 0.466 e. The molecule has 1 amide bonds. The molecule has 2 fully saturated rings. The van der Waals surface area contributed by atoms with E-state index < -0.39 is 33.1 Å². The van der Waals surface area contributed by atoms with Crippen LogP contribution in [-0.2, 0) is 24.3 Å². The standard InChI is InChI=1S/C15H21NO5S/c1-3-21-13(17)6-9(2)15(18)16-8-12-10-4-5-11(7-10)14(12)22(16,19)20/h4-5,9-12,14H,3,6-8H2,1-2H3/t9-,10+,11-,12+,14-/m0/s1. The molecule has 0 aromatic rings. The van der Waals surface area contributed by atoms with Crippen LogP contribution < -0.4 is 0 Å². The number of sulfonamides is 1. The molecule has 0 aromatic heterocycles. The lowest BCUT2D eigenvalue weighted by Gasteiger charge is -2.21. The first-order valence-electron chi connectivity index (χ1n) is 7.75. The number of rotatable bonds is 4. The summed E-state index contributed by atoms with van der Waals surface area (Å²) in [5, 5.41) is -0.457. The van der Waals surface area contributed by atoms with Gasteiger partial charge in [-0.25, -0.2) is 12.7 Å². The van der Waals surface area contributed by atoms with E-state index in [2.05, 4.69) is 6.08 Å². The smallest absolute Gasteiger partial charge is 0.306 e. The van der Waals surface area contributed by atoms with Crippen molar-refractivity contribution in [3.8, 4) is 0 Å². The number of hydrogen-bond donors (Lipinski definition) is 0. The van der Waals surface area contributed by atoms with E-state index in [-0.39, 0.29) is 37.3 Å². The number of fused-ring (bicyclic) bond motifs is 5. The number of ether oxygens (including phenoxy) is 1. The number of nitrogens with zero attached hydrogens (tertiary/aromatic N) is 1. The van der Waals surface area contributed by atoms with Crippen molar-refractivity contribution < 1.29 is 22.7 Å². The summed E-state index contributed by atoms with van der Waals surface area (Å²) in [5.41, 5.74) is 0. The topological polar surface area (TPSA) is 80.8 Å². The Bertz CT molecular complexity index is 626. The highest BCUT2D eigenvalue weighted by Crippen LogP contribution is 2.51. The summed E-state index contributed by atoms with van der Waals surface area (Å²) in [6.07, 6.45) is 4.85. The number of hydrogen-bond acceptors (Lipinski definition) is 5. The van der Waals surface area contributed by atoms with E-state index in [9.17, 15) is 18.0 Å². The summed E-state index contributed by atoms with van der Waals surface area (Å²) in [4.78, 5) is 24.0. The highest BCUT2D eigenvalue weighted by Gasteiger charge is 2.59. The minimum absolute atomic E-state index is 0.0127. The predicted molar refractivity (Wildman–Crippen MR) is 79.1 cm³/mol. The molecule has 1 saturated heterocycles. The monoisotopic (exact) mass is 327 g/mol. The number of amides is 1. The molecule has 0 N–H and O–H groups in total. The fourth-order valence-corrected chi connectivity index (χ4v) is 6.50. The second kappa shape index (κ2) is 5.37. The van der Waals surface area contributed by atoms with Crippen LogP contribution >= 0.6 is 0 Å². The lowest BCUT2D eigenvalue weighted by molar-refractivity contribution is -0.147. The lowest BCUT2D eigenvalue weighted by Crippen LogP contribution is -2.40. The molecule has 5 atom stereocenters. The van der Waals surface area contributed by atoms with Crippen LogP contribution in [-0.4, -0.2) is 43.0 Å². The molecule has 7 heteroatoms. The highest BCUT2D eigenvalue weighted by molar-refractivity contribution is 7.90. The molecule has 0 radical (unpaired) electrons. The SMILES string of the molecule is CCOC(=O)C[C@H](C)C(=O)N1C[C@H]2[C@H]([C@H]3C=C[C@@H]2C3)S1(=O)=O. The highest BCUT2D eigenvalue weighted by atomic mass is 32.2. The molecule has 22 heavy (non-hydrogen) atoms. The van der Waals surface area contributed by atoms with Crippen molar-refractivity contribution in [1.82, 2.24) is 4.31 Å².